The zero-order chi connectivity index (χ0) is 7.71. The first kappa shape index (κ1) is 13.8. The molecule has 0 radical (unpaired) electrons. The Kier molecular flexibility index (Phi) is 5.98. The summed E-state index contributed by atoms with van der Waals surface area (Å²) in [4.78, 5) is 31.0. The van der Waals surface area contributed by atoms with Gasteiger partial charge in [-0.25, -0.2) is 9.13 Å². The first-order valence-corrected chi connectivity index (χ1v) is 4.59. The molecule has 0 aliphatic carbocycles. The zero-order valence-electron chi connectivity index (χ0n) is 4.91. The van der Waals surface area contributed by atoms with E-state index < -0.39 is 15.6 Å². The SMILES string of the molecule is O=P(O)(O)OP(=O)(O)O.[Na+]. The zero-order valence-corrected chi connectivity index (χ0v) is 8.70. The average Bonchev–Trinajstić information content (AvgIpc) is 1.14. The van der Waals surface area contributed by atoms with Crippen LogP contribution >= 0.6 is 15.6 Å². The van der Waals surface area contributed by atoms with E-state index in [0.717, 1.165) is 0 Å². The van der Waals surface area contributed by atoms with Gasteiger partial charge < -0.3 is 19.6 Å². The van der Waals surface area contributed by atoms with E-state index in [1.54, 1.807) is 0 Å². The molecule has 0 aliphatic heterocycles. The van der Waals surface area contributed by atoms with Crippen molar-refractivity contribution in [2.45, 2.75) is 0 Å². The molecule has 0 spiro atoms. The second-order valence-corrected chi connectivity index (χ2v) is 3.68. The van der Waals surface area contributed by atoms with Crippen molar-refractivity contribution in [3.05, 3.63) is 0 Å². The standard InChI is InChI=1S/Na.H4O7P2/c;1-8(2,3)7-9(4,5)6/h;(H2,1,2,3)(H2,4,5,6)/q+1;. The Balaban J connectivity index is 0. The molecule has 10 heteroatoms. The molecule has 56 valence electrons. The molecule has 4 N–H and O–H groups in total. The van der Waals surface area contributed by atoms with Crippen molar-refractivity contribution < 1.29 is 62.6 Å². The van der Waals surface area contributed by atoms with Crippen molar-refractivity contribution >= 4 is 15.6 Å². The largest absolute Gasteiger partial charge is 1.00 e. The van der Waals surface area contributed by atoms with Gasteiger partial charge in [-0.3, -0.25) is 0 Å². The van der Waals surface area contributed by atoms with Crippen LogP contribution in [0.25, 0.3) is 0 Å². The Morgan fingerprint density at radius 1 is 0.900 bits per heavy atom. The molecular formula is H4NaO7P2+. The van der Waals surface area contributed by atoms with E-state index in [1.807, 2.05) is 0 Å². The second-order valence-electron chi connectivity index (χ2n) is 1.06. The maximum atomic E-state index is 9.63. The average molecular weight is 201 g/mol. The molecule has 0 fully saturated rings. The van der Waals surface area contributed by atoms with Gasteiger partial charge in [0.25, 0.3) is 0 Å². The van der Waals surface area contributed by atoms with Crippen molar-refractivity contribution in [1.82, 2.24) is 0 Å². The van der Waals surface area contributed by atoms with Crippen LogP contribution < -0.4 is 29.6 Å². The van der Waals surface area contributed by atoms with Crippen molar-refractivity contribution in [1.29, 1.82) is 0 Å². The van der Waals surface area contributed by atoms with Crippen molar-refractivity contribution in [2.24, 2.45) is 0 Å². The minimum atomic E-state index is -5.05. The predicted octanol–water partition coefficient (Wildman–Crippen LogP) is -3.81. The van der Waals surface area contributed by atoms with Crippen molar-refractivity contribution in [3.63, 3.8) is 0 Å². The summed E-state index contributed by atoms with van der Waals surface area (Å²) in [6.07, 6.45) is 0. The number of hydrogen-bond acceptors (Lipinski definition) is 3. The van der Waals surface area contributed by atoms with E-state index >= 15 is 0 Å². The van der Waals surface area contributed by atoms with Gasteiger partial charge in [0.2, 0.25) is 0 Å². The van der Waals surface area contributed by atoms with Crippen LogP contribution in [0.4, 0.5) is 0 Å². The molecule has 0 unspecified atom stereocenters. The minimum absolute atomic E-state index is 0. The summed E-state index contributed by atoms with van der Waals surface area (Å²) in [6, 6.07) is 0. The molecule has 0 aromatic rings. The van der Waals surface area contributed by atoms with Gasteiger partial charge in [-0.2, -0.15) is 4.31 Å². The molecule has 7 nitrogen and oxygen atoms in total. The number of hydrogen-bond donors (Lipinski definition) is 4. The third-order valence-electron chi connectivity index (χ3n) is 0.213. The molecule has 0 atom stereocenters. The number of phosphoric acid groups is 2. The Bertz CT molecular complexity index is 152. The monoisotopic (exact) mass is 201 g/mol. The third kappa shape index (κ3) is 12.0. The molecule has 0 aliphatic rings. The fraction of sp³-hybridized carbons (Fsp3) is 0. The Labute approximate surface area is 78.2 Å². The smallest absolute Gasteiger partial charge is 0.302 e. The Morgan fingerprint density at radius 3 is 1.10 bits per heavy atom. The van der Waals surface area contributed by atoms with Gasteiger partial charge in [0.1, 0.15) is 0 Å². The molecule has 0 saturated carbocycles. The summed E-state index contributed by atoms with van der Waals surface area (Å²) in [6.45, 7) is 0. The molecule has 0 aromatic heterocycles. The van der Waals surface area contributed by atoms with E-state index in [2.05, 4.69) is 4.31 Å². The van der Waals surface area contributed by atoms with Crippen LogP contribution in [0.1, 0.15) is 0 Å². The first-order chi connectivity index (χ1) is 3.71. The van der Waals surface area contributed by atoms with Crippen molar-refractivity contribution in [3.8, 4) is 0 Å². The predicted molar refractivity (Wildman–Crippen MR) is 25.2 cm³/mol. The molecule has 10 heavy (non-hydrogen) atoms. The van der Waals surface area contributed by atoms with Crippen LogP contribution in [-0.2, 0) is 13.4 Å². The number of rotatable bonds is 2. The van der Waals surface area contributed by atoms with E-state index in [-0.39, 0.29) is 29.6 Å². The second kappa shape index (κ2) is 4.33. The summed E-state index contributed by atoms with van der Waals surface area (Å²) >= 11 is 0. The molecule has 0 amide bonds. The van der Waals surface area contributed by atoms with Gasteiger partial charge >= 0.3 is 45.2 Å². The molecule has 0 heterocycles. The van der Waals surface area contributed by atoms with E-state index in [0.29, 0.717) is 0 Å². The maximum Gasteiger partial charge on any atom is 1.00 e. The third-order valence-corrected chi connectivity index (χ3v) is 1.91. The summed E-state index contributed by atoms with van der Waals surface area (Å²) in [5.74, 6) is 0. The molecule has 0 saturated heterocycles. The van der Waals surface area contributed by atoms with Crippen LogP contribution in [0.15, 0.2) is 0 Å². The quantitative estimate of drug-likeness (QED) is 0.266. The molecule has 0 aromatic carbocycles. The Hall–Kier alpha value is 1.26. The minimum Gasteiger partial charge on any atom is -0.302 e. The van der Waals surface area contributed by atoms with Crippen LogP contribution in [0.5, 0.6) is 0 Å². The van der Waals surface area contributed by atoms with E-state index in [1.165, 1.54) is 0 Å². The fourth-order valence-electron chi connectivity index (χ4n) is 0.139. The van der Waals surface area contributed by atoms with Crippen LogP contribution in [0, 0.1) is 0 Å². The van der Waals surface area contributed by atoms with E-state index in [9.17, 15) is 9.13 Å². The normalized spacial score (nSPS) is 12.4. The van der Waals surface area contributed by atoms with Gasteiger partial charge in [0.05, 0.1) is 0 Å². The van der Waals surface area contributed by atoms with Crippen LogP contribution in [0.2, 0.25) is 0 Å². The van der Waals surface area contributed by atoms with Crippen LogP contribution in [0.3, 0.4) is 0 Å². The van der Waals surface area contributed by atoms with Crippen LogP contribution in [-0.4, -0.2) is 19.6 Å². The summed E-state index contributed by atoms with van der Waals surface area (Å²) < 4.78 is 22.2. The van der Waals surface area contributed by atoms with Gasteiger partial charge in [-0.05, 0) is 0 Å². The first-order valence-electron chi connectivity index (χ1n) is 1.53. The molecule has 0 bridgehead atoms. The molecule has 0 rings (SSSR count). The fourth-order valence-corrected chi connectivity index (χ4v) is 1.25. The summed E-state index contributed by atoms with van der Waals surface area (Å²) in [5, 5.41) is 0. The van der Waals surface area contributed by atoms with Gasteiger partial charge in [-0.1, -0.05) is 0 Å². The molecular weight excluding hydrogens is 197 g/mol. The topological polar surface area (TPSA) is 124 Å². The van der Waals surface area contributed by atoms with Gasteiger partial charge in [0, 0.05) is 0 Å². The summed E-state index contributed by atoms with van der Waals surface area (Å²) in [5.41, 5.74) is 0. The van der Waals surface area contributed by atoms with E-state index in [4.69, 9.17) is 19.6 Å². The van der Waals surface area contributed by atoms with Gasteiger partial charge in [-0.15, -0.1) is 0 Å². The summed E-state index contributed by atoms with van der Waals surface area (Å²) in [7, 11) is -10.1. The maximum absolute atomic E-state index is 9.63. The van der Waals surface area contributed by atoms with Crippen molar-refractivity contribution in [2.75, 3.05) is 0 Å². The Morgan fingerprint density at radius 2 is 1.10 bits per heavy atom. The van der Waals surface area contributed by atoms with Gasteiger partial charge in [0.15, 0.2) is 0 Å².